The van der Waals surface area contributed by atoms with Gasteiger partial charge in [0.2, 0.25) is 0 Å². The van der Waals surface area contributed by atoms with Crippen LogP contribution in [0, 0.1) is 11.6 Å². The van der Waals surface area contributed by atoms with Crippen molar-refractivity contribution in [3.63, 3.8) is 0 Å². The third-order valence-electron chi connectivity index (χ3n) is 5.56. The van der Waals surface area contributed by atoms with Crippen LogP contribution in [0.1, 0.15) is 29.5 Å². The maximum atomic E-state index is 14.6. The Bertz CT molecular complexity index is 1150. The van der Waals surface area contributed by atoms with Gasteiger partial charge in [-0.05, 0) is 54.1 Å². The Kier molecular flexibility index (Phi) is 5.91. The first-order chi connectivity index (χ1) is 15.2. The summed E-state index contributed by atoms with van der Waals surface area (Å²) in [6.45, 7) is -0.155. The Balaban J connectivity index is 1.39. The van der Waals surface area contributed by atoms with E-state index in [9.17, 15) is 27.1 Å². The first-order valence-electron chi connectivity index (χ1n) is 9.89. The third kappa shape index (κ3) is 4.46. The summed E-state index contributed by atoms with van der Waals surface area (Å²) < 4.78 is 72.1. The summed E-state index contributed by atoms with van der Waals surface area (Å²) in [5, 5.41) is 13.8. The summed E-state index contributed by atoms with van der Waals surface area (Å²) in [5.41, 5.74) is 5.15. The van der Waals surface area contributed by atoms with Gasteiger partial charge in [0.25, 0.3) is 0 Å². The number of hydrogen-bond acceptors (Lipinski definition) is 5. The first-order valence-corrected chi connectivity index (χ1v) is 9.89. The van der Waals surface area contributed by atoms with E-state index in [0.717, 1.165) is 12.1 Å². The largest absolute Gasteiger partial charge is 0.490 e. The fourth-order valence-electron chi connectivity index (χ4n) is 3.80. The van der Waals surface area contributed by atoms with Gasteiger partial charge in [0.15, 0.2) is 0 Å². The molecule has 0 spiro atoms. The average molecular weight is 453 g/mol. The number of fused-ring (bicyclic) bond motifs is 1. The summed E-state index contributed by atoms with van der Waals surface area (Å²) in [6.07, 6.45) is -2.65. The van der Waals surface area contributed by atoms with Crippen molar-refractivity contribution in [2.24, 2.45) is 0 Å². The van der Waals surface area contributed by atoms with E-state index in [1.807, 2.05) is 0 Å². The standard InChI is InChI=1S/C22H20F5N3O2/c23-19-2-1-13(6-18(19)22(25,26)27)32-14-4-12(5-14)29-9-17-15-7-21(28)30-8-16(15)11(10-31)3-20(17)24/h1-3,6-8,12,14,29,31H,4-5,9-10H2,(H2,28,30)/t12-,14-. The molecule has 10 heteroatoms. The smallest absolute Gasteiger partial charge is 0.419 e. The van der Waals surface area contributed by atoms with Gasteiger partial charge in [0.1, 0.15) is 29.3 Å². The Labute approximate surface area is 180 Å². The highest BCUT2D eigenvalue weighted by atomic mass is 19.4. The Morgan fingerprint density at radius 3 is 2.53 bits per heavy atom. The minimum atomic E-state index is -4.80. The van der Waals surface area contributed by atoms with E-state index in [1.54, 1.807) is 6.07 Å². The molecule has 0 saturated heterocycles. The number of nitrogen functional groups attached to an aromatic ring is 1. The molecular weight excluding hydrogens is 433 g/mol. The number of anilines is 1. The van der Waals surface area contributed by atoms with Crippen LogP contribution in [0.4, 0.5) is 27.8 Å². The molecule has 1 aromatic heterocycles. The maximum absolute atomic E-state index is 14.6. The molecule has 1 heterocycles. The Morgan fingerprint density at radius 2 is 1.84 bits per heavy atom. The van der Waals surface area contributed by atoms with Crippen molar-refractivity contribution in [2.75, 3.05) is 5.73 Å². The summed E-state index contributed by atoms with van der Waals surface area (Å²) in [6, 6.07) is 5.32. The van der Waals surface area contributed by atoms with Crippen molar-refractivity contribution < 1.29 is 31.8 Å². The number of nitrogens with two attached hydrogens (primary N) is 1. The van der Waals surface area contributed by atoms with Crippen LogP contribution in [0.2, 0.25) is 0 Å². The number of aliphatic hydroxyl groups excluding tert-OH is 1. The molecule has 0 unspecified atom stereocenters. The second kappa shape index (κ2) is 8.51. The van der Waals surface area contributed by atoms with E-state index < -0.39 is 23.4 Å². The molecule has 1 fully saturated rings. The van der Waals surface area contributed by atoms with Crippen LogP contribution in [-0.4, -0.2) is 22.2 Å². The van der Waals surface area contributed by atoms with Crippen LogP contribution in [0.5, 0.6) is 5.75 Å². The molecule has 1 aliphatic rings. The van der Waals surface area contributed by atoms with Crippen molar-refractivity contribution in [2.45, 2.75) is 44.3 Å². The lowest BCUT2D eigenvalue weighted by Crippen LogP contribution is -2.46. The SMILES string of the molecule is Nc1cc2c(CN[C@H]3C[C@H](Oc4ccc(F)c(C(F)(F)F)c4)C3)c(F)cc(CO)c2cn1. The minimum absolute atomic E-state index is 0.0336. The van der Waals surface area contributed by atoms with Gasteiger partial charge in [0, 0.05) is 29.7 Å². The zero-order valence-corrected chi connectivity index (χ0v) is 16.7. The minimum Gasteiger partial charge on any atom is -0.490 e. The number of nitrogens with zero attached hydrogens (tertiary/aromatic N) is 1. The van der Waals surface area contributed by atoms with E-state index in [2.05, 4.69) is 10.3 Å². The number of benzene rings is 2. The summed E-state index contributed by atoms with van der Waals surface area (Å²) in [7, 11) is 0. The quantitative estimate of drug-likeness (QED) is 0.485. The molecule has 0 bridgehead atoms. The third-order valence-corrected chi connectivity index (χ3v) is 5.56. The second-order valence-corrected chi connectivity index (χ2v) is 7.74. The zero-order chi connectivity index (χ0) is 23.0. The van der Waals surface area contributed by atoms with E-state index >= 15 is 0 Å². The fraction of sp³-hybridized carbons (Fsp3) is 0.318. The number of ether oxygens (including phenoxy) is 1. The van der Waals surface area contributed by atoms with Gasteiger partial charge in [0.05, 0.1) is 12.2 Å². The molecule has 32 heavy (non-hydrogen) atoms. The Hall–Kier alpha value is -2.98. The van der Waals surface area contributed by atoms with Crippen LogP contribution in [0.15, 0.2) is 36.5 Å². The van der Waals surface area contributed by atoms with E-state index in [-0.39, 0.29) is 36.9 Å². The fourth-order valence-corrected chi connectivity index (χ4v) is 3.80. The Morgan fingerprint density at radius 1 is 1.09 bits per heavy atom. The van der Waals surface area contributed by atoms with Gasteiger partial charge in [-0.1, -0.05) is 0 Å². The predicted molar refractivity (Wildman–Crippen MR) is 108 cm³/mol. The van der Waals surface area contributed by atoms with Gasteiger partial charge >= 0.3 is 6.18 Å². The van der Waals surface area contributed by atoms with Gasteiger partial charge < -0.3 is 20.9 Å². The zero-order valence-electron chi connectivity index (χ0n) is 16.7. The van der Waals surface area contributed by atoms with Crippen molar-refractivity contribution >= 4 is 16.6 Å². The highest BCUT2D eigenvalue weighted by molar-refractivity contribution is 5.89. The number of rotatable bonds is 6. The van der Waals surface area contributed by atoms with Crippen LogP contribution in [0.3, 0.4) is 0 Å². The van der Waals surface area contributed by atoms with Crippen molar-refractivity contribution in [1.82, 2.24) is 10.3 Å². The topological polar surface area (TPSA) is 80.4 Å². The monoisotopic (exact) mass is 453 g/mol. The summed E-state index contributed by atoms with van der Waals surface area (Å²) in [4.78, 5) is 4.00. The van der Waals surface area contributed by atoms with Crippen molar-refractivity contribution in [3.8, 4) is 5.75 Å². The van der Waals surface area contributed by atoms with Crippen molar-refractivity contribution in [3.05, 3.63) is 64.9 Å². The predicted octanol–water partition coefficient (Wildman–Crippen LogP) is 4.31. The molecule has 0 radical (unpaired) electrons. The molecule has 1 saturated carbocycles. The number of pyridine rings is 1. The van der Waals surface area contributed by atoms with Crippen LogP contribution < -0.4 is 15.8 Å². The molecular formula is C22H20F5N3O2. The van der Waals surface area contributed by atoms with Gasteiger partial charge in [-0.25, -0.2) is 13.8 Å². The number of nitrogens with one attached hydrogen (secondary N) is 1. The number of aliphatic hydroxyl groups is 1. The van der Waals surface area contributed by atoms with Gasteiger partial charge in [-0.3, -0.25) is 0 Å². The number of aromatic nitrogens is 1. The molecule has 0 atom stereocenters. The number of alkyl halides is 3. The summed E-state index contributed by atoms with van der Waals surface area (Å²) >= 11 is 0. The molecule has 0 aliphatic heterocycles. The molecule has 4 N–H and O–H groups in total. The van der Waals surface area contributed by atoms with Crippen LogP contribution in [0.25, 0.3) is 10.8 Å². The molecule has 2 aromatic carbocycles. The lowest BCUT2D eigenvalue weighted by molar-refractivity contribution is -0.140. The lowest BCUT2D eigenvalue weighted by atomic mass is 9.88. The van der Waals surface area contributed by atoms with Crippen LogP contribution in [-0.2, 0) is 19.3 Å². The molecule has 0 amide bonds. The van der Waals surface area contributed by atoms with Gasteiger partial charge in [-0.15, -0.1) is 0 Å². The molecule has 3 aromatic rings. The van der Waals surface area contributed by atoms with Crippen LogP contribution >= 0.6 is 0 Å². The number of hydrogen-bond donors (Lipinski definition) is 3. The maximum Gasteiger partial charge on any atom is 0.419 e. The van der Waals surface area contributed by atoms with E-state index in [4.69, 9.17) is 10.5 Å². The molecule has 1 aliphatic carbocycles. The van der Waals surface area contributed by atoms with Gasteiger partial charge in [-0.2, -0.15) is 13.2 Å². The van der Waals surface area contributed by atoms with E-state index in [1.165, 1.54) is 12.3 Å². The highest BCUT2D eigenvalue weighted by Gasteiger charge is 2.35. The number of halogens is 5. The molecule has 5 nitrogen and oxygen atoms in total. The highest BCUT2D eigenvalue weighted by Crippen LogP contribution is 2.35. The average Bonchev–Trinajstić information content (AvgIpc) is 2.70. The van der Waals surface area contributed by atoms with Crippen molar-refractivity contribution in [1.29, 1.82) is 0 Å². The van der Waals surface area contributed by atoms with E-state index in [0.29, 0.717) is 40.8 Å². The first kappa shape index (κ1) is 22.2. The molecule has 4 rings (SSSR count). The lowest BCUT2D eigenvalue weighted by Gasteiger charge is -2.36. The summed E-state index contributed by atoms with van der Waals surface area (Å²) in [5.74, 6) is -1.67. The normalized spacial score (nSPS) is 18.6. The second-order valence-electron chi connectivity index (χ2n) is 7.74. The molecule has 170 valence electrons.